The van der Waals surface area contributed by atoms with E-state index in [1.54, 1.807) is 30.3 Å². The van der Waals surface area contributed by atoms with E-state index in [4.69, 9.17) is 5.84 Å². The smallest absolute Gasteiger partial charge is 0.175 e. The van der Waals surface area contributed by atoms with Gasteiger partial charge in [0.2, 0.25) is 0 Å². The van der Waals surface area contributed by atoms with Crippen molar-refractivity contribution in [2.45, 2.75) is 10.9 Å². The van der Waals surface area contributed by atoms with Crippen LogP contribution in [0.2, 0.25) is 0 Å². The summed E-state index contributed by atoms with van der Waals surface area (Å²) in [6, 6.07) is 6.36. The average molecular weight is 226 g/mol. The molecule has 1 rings (SSSR count). The lowest BCUT2D eigenvalue weighted by atomic mass is 10.1. The van der Waals surface area contributed by atoms with Crippen LogP contribution in [0.15, 0.2) is 41.8 Å². The molecule has 1 unspecified atom stereocenters. The molecule has 5 heteroatoms. The fourth-order valence-corrected chi connectivity index (χ4v) is 1.91. The van der Waals surface area contributed by atoms with E-state index in [-0.39, 0.29) is 10.9 Å². The Kier molecular flexibility index (Phi) is 3.62. The molecule has 0 radical (unpaired) electrons. The zero-order valence-electron chi connectivity index (χ0n) is 8.47. The van der Waals surface area contributed by atoms with E-state index in [2.05, 4.69) is 12.0 Å². The molecule has 0 aliphatic rings. The highest BCUT2D eigenvalue weighted by Crippen LogP contribution is 2.17. The summed E-state index contributed by atoms with van der Waals surface area (Å²) in [5.74, 6) is 5.30. The van der Waals surface area contributed by atoms with Crippen LogP contribution in [-0.2, 0) is 9.84 Å². The van der Waals surface area contributed by atoms with Gasteiger partial charge in [0.1, 0.15) is 0 Å². The van der Waals surface area contributed by atoms with Crippen molar-refractivity contribution in [2.75, 3.05) is 6.26 Å². The zero-order valence-corrected chi connectivity index (χ0v) is 9.29. The van der Waals surface area contributed by atoms with Gasteiger partial charge in [-0.1, -0.05) is 18.2 Å². The second kappa shape index (κ2) is 4.57. The number of hydrogen-bond acceptors (Lipinski definition) is 4. The molecule has 0 saturated carbocycles. The molecule has 1 atom stereocenters. The lowest BCUT2D eigenvalue weighted by Gasteiger charge is -2.12. The standard InChI is InChI=1S/C10H14N2O2S/c1-3-10(12-11)8-5-4-6-9(7-8)15(2,13)14/h3-7,10,12H,1,11H2,2H3. The van der Waals surface area contributed by atoms with Crippen LogP contribution in [0.5, 0.6) is 0 Å². The quantitative estimate of drug-likeness (QED) is 0.452. The minimum Gasteiger partial charge on any atom is -0.271 e. The maximum Gasteiger partial charge on any atom is 0.175 e. The van der Waals surface area contributed by atoms with E-state index >= 15 is 0 Å². The first-order valence-electron chi connectivity index (χ1n) is 4.37. The van der Waals surface area contributed by atoms with Crippen molar-refractivity contribution in [2.24, 2.45) is 5.84 Å². The van der Waals surface area contributed by atoms with Crippen molar-refractivity contribution in [1.82, 2.24) is 5.43 Å². The SMILES string of the molecule is C=CC(NN)c1cccc(S(C)(=O)=O)c1. The van der Waals surface area contributed by atoms with Gasteiger partial charge in [-0.15, -0.1) is 6.58 Å². The number of rotatable bonds is 4. The highest BCUT2D eigenvalue weighted by Gasteiger charge is 2.10. The molecule has 0 aliphatic heterocycles. The molecular weight excluding hydrogens is 212 g/mol. The van der Waals surface area contributed by atoms with Gasteiger partial charge in [-0.3, -0.25) is 5.84 Å². The van der Waals surface area contributed by atoms with Crippen molar-refractivity contribution < 1.29 is 8.42 Å². The summed E-state index contributed by atoms with van der Waals surface area (Å²) >= 11 is 0. The first-order valence-corrected chi connectivity index (χ1v) is 6.27. The highest BCUT2D eigenvalue weighted by atomic mass is 32.2. The van der Waals surface area contributed by atoms with E-state index in [1.807, 2.05) is 0 Å². The molecule has 4 nitrogen and oxygen atoms in total. The van der Waals surface area contributed by atoms with Crippen LogP contribution >= 0.6 is 0 Å². The van der Waals surface area contributed by atoms with Crippen LogP contribution in [0, 0.1) is 0 Å². The van der Waals surface area contributed by atoms with Crippen LogP contribution in [0.4, 0.5) is 0 Å². The first-order chi connectivity index (χ1) is 6.99. The minimum atomic E-state index is -3.18. The number of sulfone groups is 1. The van der Waals surface area contributed by atoms with Crippen molar-refractivity contribution in [1.29, 1.82) is 0 Å². The Bertz CT molecular complexity index is 454. The van der Waals surface area contributed by atoms with E-state index in [0.717, 1.165) is 5.56 Å². The van der Waals surface area contributed by atoms with Crippen LogP contribution in [0.3, 0.4) is 0 Å². The second-order valence-corrected chi connectivity index (χ2v) is 5.24. The Morgan fingerprint density at radius 1 is 1.53 bits per heavy atom. The van der Waals surface area contributed by atoms with Crippen LogP contribution in [-0.4, -0.2) is 14.7 Å². The number of nitrogens with one attached hydrogen (secondary N) is 1. The molecule has 0 bridgehead atoms. The normalized spacial score (nSPS) is 13.5. The van der Waals surface area contributed by atoms with E-state index in [0.29, 0.717) is 0 Å². The summed E-state index contributed by atoms with van der Waals surface area (Å²) < 4.78 is 22.6. The van der Waals surface area contributed by atoms with Gasteiger partial charge in [0.25, 0.3) is 0 Å². The Labute approximate surface area is 89.7 Å². The van der Waals surface area contributed by atoms with Gasteiger partial charge in [-0.25, -0.2) is 13.8 Å². The first kappa shape index (κ1) is 11.9. The van der Waals surface area contributed by atoms with Crippen LogP contribution in [0.25, 0.3) is 0 Å². The summed E-state index contributed by atoms with van der Waals surface area (Å²) in [6.07, 6.45) is 2.78. The molecule has 0 aromatic heterocycles. The number of nitrogens with two attached hydrogens (primary N) is 1. The minimum absolute atomic E-state index is 0.244. The predicted octanol–water partition coefficient (Wildman–Crippen LogP) is 0.781. The van der Waals surface area contributed by atoms with Crippen LogP contribution in [0.1, 0.15) is 11.6 Å². The third-order valence-corrected chi connectivity index (χ3v) is 3.17. The van der Waals surface area contributed by atoms with Gasteiger partial charge >= 0.3 is 0 Å². The third-order valence-electron chi connectivity index (χ3n) is 2.06. The molecule has 0 saturated heterocycles. The molecule has 1 aromatic carbocycles. The fourth-order valence-electron chi connectivity index (χ4n) is 1.24. The Morgan fingerprint density at radius 3 is 2.67 bits per heavy atom. The largest absolute Gasteiger partial charge is 0.271 e. The van der Waals surface area contributed by atoms with Crippen molar-refractivity contribution >= 4 is 9.84 Å². The molecular formula is C10H14N2O2S. The van der Waals surface area contributed by atoms with Crippen molar-refractivity contribution in [3.63, 3.8) is 0 Å². The molecule has 0 heterocycles. The molecule has 15 heavy (non-hydrogen) atoms. The summed E-state index contributed by atoms with van der Waals surface area (Å²) in [5.41, 5.74) is 3.31. The van der Waals surface area contributed by atoms with Gasteiger partial charge in [-0.2, -0.15) is 0 Å². The summed E-state index contributed by atoms with van der Waals surface area (Å²) in [7, 11) is -3.18. The maximum absolute atomic E-state index is 11.3. The molecule has 0 spiro atoms. The lowest BCUT2D eigenvalue weighted by molar-refractivity contribution is 0.601. The topological polar surface area (TPSA) is 72.2 Å². The monoisotopic (exact) mass is 226 g/mol. The molecule has 0 aliphatic carbocycles. The number of hydrogen-bond donors (Lipinski definition) is 2. The number of hydrazine groups is 1. The van der Waals surface area contributed by atoms with Crippen molar-refractivity contribution in [3.05, 3.63) is 42.5 Å². The second-order valence-electron chi connectivity index (χ2n) is 3.22. The molecule has 3 N–H and O–H groups in total. The molecule has 1 aromatic rings. The van der Waals surface area contributed by atoms with Gasteiger partial charge in [0, 0.05) is 6.26 Å². The average Bonchev–Trinajstić information content (AvgIpc) is 2.19. The Balaban J connectivity index is 3.18. The van der Waals surface area contributed by atoms with E-state index in [1.165, 1.54) is 6.26 Å². The fraction of sp³-hybridized carbons (Fsp3) is 0.200. The van der Waals surface area contributed by atoms with Crippen molar-refractivity contribution in [3.8, 4) is 0 Å². The third kappa shape index (κ3) is 2.89. The predicted molar refractivity (Wildman–Crippen MR) is 59.8 cm³/mol. The Morgan fingerprint density at radius 2 is 2.20 bits per heavy atom. The number of benzene rings is 1. The molecule has 0 amide bonds. The van der Waals surface area contributed by atoms with Crippen LogP contribution < -0.4 is 11.3 Å². The highest BCUT2D eigenvalue weighted by molar-refractivity contribution is 7.90. The van der Waals surface area contributed by atoms with Gasteiger partial charge < -0.3 is 0 Å². The zero-order chi connectivity index (χ0) is 11.5. The van der Waals surface area contributed by atoms with E-state index < -0.39 is 9.84 Å². The molecule has 0 fully saturated rings. The summed E-state index contributed by atoms with van der Waals surface area (Å²) in [6.45, 7) is 3.61. The van der Waals surface area contributed by atoms with E-state index in [9.17, 15) is 8.42 Å². The summed E-state index contributed by atoms with van der Waals surface area (Å²) in [5, 5.41) is 0. The molecule has 82 valence electrons. The summed E-state index contributed by atoms with van der Waals surface area (Å²) in [4.78, 5) is 0.280. The van der Waals surface area contributed by atoms with Gasteiger partial charge in [0.15, 0.2) is 9.84 Å². The van der Waals surface area contributed by atoms with Gasteiger partial charge in [0.05, 0.1) is 10.9 Å². The maximum atomic E-state index is 11.3. The lowest BCUT2D eigenvalue weighted by Crippen LogP contribution is -2.26. The van der Waals surface area contributed by atoms with Gasteiger partial charge in [-0.05, 0) is 17.7 Å². The Hall–Kier alpha value is -1.17.